The number of hydrogen-bond donors (Lipinski definition) is 2. The second-order valence-corrected chi connectivity index (χ2v) is 4.32. The molecule has 0 atom stereocenters. The first-order valence-electron chi connectivity index (χ1n) is 5.82. The maximum Gasteiger partial charge on any atom is 0.409 e. The summed E-state index contributed by atoms with van der Waals surface area (Å²) in [4.78, 5) is 20.8. The zero-order valence-electron chi connectivity index (χ0n) is 10.7. The topological polar surface area (TPSA) is 92.5 Å². The Bertz CT molecular complexity index is 665. The summed E-state index contributed by atoms with van der Waals surface area (Å²) in [5.74, 6) is 0. The lowest BCUT2D eigenvalue weighted by molar-refractivity contribution is -0.384. The Morgan fingerprint density at radius 3 is 2.35 bits per heavy atom. The van der Waals surface area contributed by atoms with Crippen molar-refractivity contribution < 1.29 is 14.8 Å². The van der Waals surface area contributed by atoms with Crippen LogP contribution < -0.4 is 5.32 Å². The second-order valence-electron chi connectivity index (χ2n) is 4.32. The summed E-state index contributed by atoms with van der Waals surface area (Å²) in [6, 6.07) is 11.4. The number of hydrogen-bond acceptors (Lipinski definition) is 3. The normalized spacial score (nSPS) is 10.1. The minimum atomic E-state index is -1.13. The van der Waals surface area contributed by atoms with E-state index in [1.54, 1.807) is 24.3 Å². The highest BCUT2D eigenvalue weighted by Crippen LogP contribution is 2.26. The highest BCUT2D eigenvalue weighted by molar-refractivity contribution is 5.84. The number of carbonyl (C=O) groups is 1. The van der Waals surface area contributed by atoms with Gasteiger partial charge in [0.05, 0.1) is 4.92 Å². The van der Waals surface area contributed by atoms with Gasteiger partial charge in [0, 0.05) is 17.8 Å². The van der Waals surface area contributed by atoms with Gasteiger partial charge in [0.2, 0.25) is 0 Å². The van der Waals surface area contributed by atoms with Crippen LogP contribution in [0, 0.1) is 17.0 Å². The van der Waals surface area contributed by atoms with Gasteiger partial charge < -0.3 is 5.11 Å². The maximum atomic E-state index is 10.7. The summed E-state index contributed by atoms with van der Waals surface area (Å²) in [5, 5.41) is 21.6. The van der Waals surface area contributed by atoms with Crippen molar-refractivity contribution in [3.63, 3.8) is 0 Å². The number of non-ortho nitro benzene ring substituents is 1. The second kappa shape index (κ2) is 5.40. The smallest absolute Gasteiger partial charge is 0.409 e. The van der Waals surface area contributed by atoms with Crippen molar-refractivity contribution in [3.8, 4) is 11.1 Å². The molecule has 0 unspecified atom stereocenters. The van der Waals surface area contributed by atoms with Crippen LogP contribution in [0.4, 0.5) is 16.2 Å². The van der Waals surface area contributed by atoms with Gasteiger partial charge in [-0.2, -0.15) is 0 Å². The summed E-state index contributed by atoms with van der Waals surface area (Å²) in [5.41, 5.74) is 2.96. The average Bonchev–Trinajstić information content (AvgIpc) is 2.37. The number of carboxylic acid groups (broad SMARTS) is 1. The van der Waals surface area contributed by atoms with E-state index < -0.39 is 11.0 Å². The molecule has 6 heteroatoms. The Kier molecular flexibility index (Phi) is 3.65. The zero-order valence-corrected chi connectivity index (χ0v) is 10.7. The summed E-state index contributed by atoms with van der Waals surface area (Å²) in [6.07, 6.45) is -1.13. The van der Waals surface area contributed by atoms with Gasteiger partial charge in [0.25, 0.3) is 5.69 Å². The maximum absolute atomic E-state index is 10.7. The number of nitro benzene ring substituents is 1. The van der Waals surface area contributed by atoms with Crippen molar-refractivity contribution in [1.82, 2.24) is 0 Å². The highest BCUT2D eigenvalue weighted by atomic mass is 16.6. The molecule has 2 N–H and O–H groups in total. The molecule has 0 radical (unpaired) electrons. The largest absolute Gasteiger partial charge is 0.465 e. The summed E-state index contributed by atoms with van der Waals surface area (Å²) in [6.45, 7) is 1.85. The van der Waals surface area contributed by atoms with E-state index in [0.29, 0.717) is 5.69 Å². The Balaban J connectivity index is 2.38. The van der Waals surface area contributed by atoms with Crippen LogP contribution in [0.5, 0.6) is 0 Å². The van der Waals surface area contributed by atoms with Crippen LogP contribution in [-0.4, -0.2) is 16.1 Å². The number of anilines is 1. The molecule has 0 aliphatic rings. The van der Waals surface area contributed by atoms with Gasteiger partial charge in [-0.15, -0.1) is 0 Å². The standard InChI is InChI=1S/C14H12N2O4/c1-9-6-11(8-12(7-9)15-14(17)18)10-2-4-13(5-3-10)16(19)20/h2-8,15H,1H3,(H,17,18). The van der Waals surface area contributed by atoms with Crippen LogP contribution in [0.3, 0.4) is 0 Å². The first-order valence-corrected chi connectivity index (χ1v) is 5.82. The molecule has 0 aliphatic carbocycles. The highest BCUT2D eigenvalue weighted by Gasteiger charge is 2.07. The van der Waals surface area contributed by atoms with Crippen LogP contribution in [0.15, 0.2) is 42.5 Å². The summed E-state index contributed by atoms with van der Waals surface area (Å²) < 4.78 is 0. The van der Waals surface area contributed by atoms with Gasteiger partial charge in [0.1, 0.15) is 0 Å². The molecule has 20 heavy (non-hydrogen) atoms. The van der Waals surface area contributed by atoms with E-state index in [4.69, 9.17) is 5.11 Å². The lowest BCUT2D eigenvalue weighted by Crippen LogP contribution is -2.07. The molecule has 6 nitrogen and oxygen atoms in total. The van der Waals surface area contributed by atoms with Crippen molar-refractivity contribution in [2.75, 3.05) is 5.32 Å². The predicted octanol–water partition coefficient (Wildman–Crippen LogP) is 3.66. The van der Waals surface area contributed by atoms with E-state index in [1.165, 1.54) is 12.1 Å². The number of rotatable bonds is 3. The number of amides is 1. The molecular formula is C14H12N2O4. The molecule has 0 bridgehead atoms. The van der Waals surface area contributed by atoms with Crippen LogP contribution in [0.1, 0.15) is 5.56 Å². The summed E-state index contributed by atoms with van der Waals surface area (Å²) in [7, 11) is 0. The van der Waals surface area contributed by atoms with Gasteiger partial charge in [-0.25, -0.2) is 4.79 Å². The Labute approximate surface area is 114 Å². The zero-order chi connectivity index (χ0) is 14.7. The molecule has 0 saturated heterocycles. The Hall–Kier alpha value is -2.89. The fraction of sp³-hybridized carbons (Fsp3) is 0.0714. The molecule has 2 rings (SSSR count). The molecule has 0 spiro atoms. The molecule has 2 aromatic rings. The van der Waals surface area contributed by atoms with Gasteiger partial charge >= 0.3 is 6.09 Å². The van der Waals surface area contributed by atoms with E-state index in [9.17, 15) is 14.9 Å². The quantitative estimate of drug-likeness (QED) is 0.658. The first-order chi connectivity index (χ1) is 9.45. The fourth-order valence-electron chi connectivity index (χ4n) is 1.92. The van der Waals surface area contributed by atoms with Gasteiger partial charge in [-0.05, 0) is 47.9 Å². The lowest BCUT2D eigenvalue weighted by atomic mass is 10.0. The van der Waals surface area contributed by atoms with Crippen LogP contribution in [-0.2, 0) is 0 Å². The van der Waals surface area contributed by atoms with Crippen molar-refractivity contribution in [2.45, 2.75) is 6.92 Å². The molecule has 102 valence electrons. The van der Waals surface area contributed by atoms with Crippen molar-refractivity contribution in [2.24, 2.45) is 0 Å². The summed E-state index contributed by atoms with van der Waals surface area (Å²) >= 11 is 0. The number of aryl methyl sites for hydroxylation is 1. The monoisotopic (exact) mass is 272 g/mol. The molecule has 0 aromatic heterocycles. The number of benzene rings is 2. The lowest BCUT2D eigenvalue weighted by Gasteiger charge is -2.07. The molecule has 0 fully saturated rings. The first kappa shape index (κ1) is 13.5. The van der Waals surface area contributed by atoms with Gasteiger partial charge in [-0.3, -0.25) is 15.4 Å². The molecule has 1 amide bonds. The average molecular weight is 272 g/mol. The molecule has 0 heterocycles. The molecule has 0 saturated carbocycles. The molecule has 0 aliphatic heterocycles. The predicted molar refractivity (Wildman–Crippen MR) is 74.9 cm³/mol. The number of nitrogens with one attached hydrogen (secondary N) is 1. The molecule has 2 aromatic carbocycles. The van der Waals surface area contributed by atoms with Crippen molar-refractivity contribution in [1.29, 1.82) is 0 Å². The Morgan fingerprint density at radius 1 is 1.15 bits per heavy atom. The van der Waals surface area contributed by atoms with Gasteiger partial charge in [-0.1, -0.05) is 6.07 Å². The SMILES string of the molecule is Cc1cc(NC(=O)O)cc(-c2ccc([N+](=O)[O-])cc2)c1. The third kappa shape index (κ3) is 3.11. The third-order valence-electron chi connectivity index (χ3n) is 2.74. The van der Waals surface area contributed by atoms with E-state index in [0.717, 1.165) is 16.7 Å². The van der Waals surface area contributed by atoms with Crippen LogP contribution in [0.25, 0.3) is 11.1 Å². The number of nitrogens with zero attached hydrogens (tertiary/aromatic N) is 1. The van der Waals surface area contributed by atoms with E-state index in [2.05, 4.69) is 5.32 Å². The minimum Gasteiger partial charge on any atom is -0.465 e. The fourth-order valence-corrected chi connectivity index (χ4v) is 1.92. The van der Waals surface area contributed by atoms with Crippen LogP contribution >= 0.6 is 0 Å². The van der Waals surface area contributed by atoms with Crippen molar-refractivity contribution >= 4 is 17.5 Å². The molecular weight excluding hydrogens is 260 g/mol. The third-order valence-corrected chi connectivity index (χ3v) is 2.74. The minimum absolute atomic E-state index is 0.0188. The van der Waals surface area contributed by atoms with Crippen molar-refractivity contribution in [3.05, 3.63) is 58.1 Å². The van der Waals surface area contributed by atoms with Gasteiger partial charge in [0.15, 0.2) is 0 Å². The Morgan fingerprint density at radius 2 is 1.80 bits per heavy atom. The number of nitro groups is 1. The van der Waals surface area contributed by atoms with Crippen LogP contribution in [0.2, 0.25) is 0 Å². The van der Waals surface area contributed by atoms with E-state index in [1.807, 2.05) is 13.0 Å². The van der Waals surface area contributed by atoms with E-state index >= 15 is 0 Å². The van der Waals surface area contributed by atoms with E-state index in [-0.39, 0.29) is 5.69 Å².